The Morgan fingerprint density at radius 2 is 1.02 bits per heavy atom. The van der Waals surface area contributed by atoms with Crippen molar-refractivity contribution in [1.29, 1.82) is 0 Å². The van der Waals surface area contributed by atoms with E-state index in [1.807, 2.05) is 24.3 Å². The van der Waals surface area contributed by atoms with E-state index in [-0.39, 0.29) is 23.6 Å². The lowest BCUT2D eigenvalue weighted by molar-refractivity contribution is 0.627. The molecule has 0 fully saturated rings. The molecule has 0 saturated carbocycles. The van der Waals surface area contributed by atoms with Gasteiger partial charge in [-0.05, 0) is 163 Å². The van der Waals surface area contributed by atoms with Crippen LogP contribution < -0.4 is 14.7 Å². The summed E-state index contributed by atoms with van der Waals surface area (Å²) in [6.45, 7) is 0. The van der Waals surface area contributed by atoms with Crippen LogP contribution in [-0.2, 0) is 0 Å². The number of allylic oxidation sites excluding steroid dienone is 6. The van der Waals surface area contributed by atoms with Crippen LogP contribution in [0.4, 0.5) is 54.3 Å². The molecule has 318 valence electrons. The van der Waals surface area contributed by atoms with E-state index in [0.29, 0.717) is 0 Å². The molecule has 6 heteroatoms. The Labute approximate surface area is 383 Å². The van der Waals surface area contributed by atoms with Crippen molar-refractivity contribution in [3.63, 3.8) is 0 Å². The monoisotopic (exact) mass is 858 g/mol. The van der Waals surface area contributed by atoms with Gasteiger partial charge < -0.3 is 19.3 Å². The summed E-state index contributed by atoms with van der Waals surface area (Å²) in [6.07, 6.45) is 17.5. The number of aromatic nitrogens is 1. The molecule has 4 nitrogen and oxygen atoms in total. The first-order valence-corrected chi connectivity index (χ1v) is 22.6. The summed E-state index contributed by atoms with van der Waals surface area (Å²) in [4.78, 5) is 6.82. The van der Waals surface area contributed by atoms with Crippen molar-refractivity contribution in [2.45, 2.75) is 24.8 Å². The summed E-state index contributed by atoms with van der Waals surface area (Å²) in [6, 6.07) is 63.2. The van der Waals surface area contributed by atoms with Crippen LogP contribution in [0.25, 0.3) is 38.6 Å². The molecular weight excluding hydrogens is 815 g/mol. The van der Waals surface area contributed by atoms with Crippen molar-refractivity contribution in [3.05, 3.63) is 248 Å². The third kappa shape index (κ3) is 6.90. The van der Waals surface area contributed by atoms with E-state index in [2.05, 4.69) is 201 Å². The predicted molar refractivity (Wildman–Crippen MR) is 270 cm³/mol. The molecule has 9 aromatic rings. The van der Waals surface area contributed by atoms with Gasteiger partial charge in [-0.3, -0.25) is 0 Å². The summed E-state index contributed by atoms with van der Waals surface area (Å²) < 4.78 is 31.1. The number of halogens is 2. The van der Waals surface area contributed by atoms with Crippen LogP contribution in [0, 0.1) is 11.6 Å². The van der Waals surface area contributed by atoms with Crippen LogP contribution in [0.15, 0.2) is 231 Å². The van der Waals surface area contributed by atoms with E-state index in [4.69, 9.17) is 0 Å². The number of anilines is 8. The predicted octanol–water partition coefficient (Wildman–Crippen LogP) is 16.6. The number of nitrogens with zero attached hydrogens (tertiary/aromatic N) is 4. The van der Waals surface area contributed by atoms with Gasteiger partial charge in [0.2, 0.25) is 0 Å². The van der Waals surface area contributed by atoms with Crippen molar-refractivity contribution >= 4 is 73.0 Å². The fourth-order valence-corrected chi connectivity index (χ4v) is 10.2. The van der Waals surface area contributed by atoms with Gasteiger partial charge in [-0.25, -0.2) is 8.78 Å². The Balaban J connectivity index is 0.890. The zero-order valence-electron chi connectivity index (χ0n) is 36.1. The quantitative estimate of drug-likeness (QED) is 0.144. The van der Waals surface area contributed by atoms with Crippen LogP contribution in [0.5, 0.6) is 0 Å². The number of rotatable bonds is 9. The summed E-state index contributed by atoms with van der Waals surface area (Å²) in [5.74, 6) is -0.359. The van der Waals surface area contributed by atoms with E-state index < -0.39 is 0 Å². The molecule has 2 atom stereocenters. The van der Waals surface area contributed by atoms with Gasteiger partial charge in [-0.1, -0.05) is 97.1 Å². The average molecular weight is 859 g/mol. The largest absolute Gasteiger partial charge is 0.333 e. The zero-order chi connectivity index (χ0) is 44.1. The third-order valence-electron chi connectivity index (χ3n) is 13.3. The normalized spacial score (nSPS) is 16.1. The van der Waals surface area contributed by atoms with Crippen LogP contribution in [0.1, 0.15) is 24.3 Å². The standard InChI is InChI=1S/C60H44F2N4/c61-43-23-31-49(32-24-43)63(51-35-37-59-55(39-51)53-15-7-9-17-57(53)65(59)45-11-3-1-4-12-45)47-27-19-41(20-28-47)42-21-29-48(30-22-42)64(50-33-25-44(62)26-34-50)52-36-38-60-56(40-52)54-16-8-10-18-58(54)66(60)46-13-5-2-6-14-46/h1-5,7-13,15-40,53,57H,6,14H2. The molecule has 12 rings (SSSR count). The molecular formula is C60H44F2N4. The zero-order valence-corrected chi connectivity index (χ0v) is 36.1. The van der Waals surface area contributed by atoms with E-state index in [1.54, 1.807) is 0 Å². The summed E-state index contributed by atoms with van der Waals surface area (Å²) in [7, 11) is 0. The van der Waals surface area contributed by atoms with Crippen LogP contribution in [-0.4, -0.2) is 10.6 Å². The van der Waals surface area contributed by atoms with Crippen molar-refractivity contribution in [2.24, 2.45) is 0 Å². The second kappa shape index (κ2) is 16.4. The molecule has 8 aromatic carbocycles. The lowest BCUT2D eigenvalue weighted by Gasteiger charge is -2.28. The lowest BCUT2D eigenvalue weighted by Crippen LogP contribution is -2.28. The van der Waals surface area contributed by atoms with Gasteiger partial charge in [0.15, 0.2) is 0 Å². The molecule has 0 N–H and O–H groups in total. The molecule has 2 aliphatic carbocycles. The highest BCUT2D eigenvalue weighted by Gasteiger charge is 2.38. The molecule has 0 amide bonds. The maximum absolute atomic E-state index is 14.4. The van der Waals surface area contributed by atoms with Crippen LogP contribution in [0.3, 0.4) is 0 Å². The number of fused-ring (bicyclic) bond motifs is 6. The van der Waals surface area contributed by atoms with Crippen molar-refractivity contribution in [3.8, 4) is 11.1 Å². The Kier molecular flexibility index (Phi) is 9.79. The Morgan fingerprint density at radius 1 is 0.470 bits per heavy atom. The highest BCUT2D eigenvalue weighted by atomic mass is 19.1. The van der Waals surface area contributed by atoms with Gasteiger partial charge in [0, 0.05) is 67.9 Å². The molecule has 1 aliphatic heterocycles. The highest BCUT2D eigenvalue weighted by molar-refractivity contribution is 6.11. The molecule has 0 bridgehead atoms. The lowest BCUT2D eigenvalue weighted by atomic mass is 9.91. The molecule has 0 saturated heterocycles. The van der Waals surface area contributed by atoms with Crippen LogP contribution in [0.2, 0.25) is 0 Å². The Morgan fingerprint density at radius 3 is 1.65 bits per heavy atom. The molecule has 1 aromatic heterocycles. The minimum absolute atomic E-state index is 0.175. The Bertz CT molecular complexity index is 3380. The van der Waals surface area contributed by atoms with E-state index in [0.717, 1.165) is 69.3 Å². The fraction of sp³-hybridized carbons (Fsp3) is 0.0667. The van der Waals surface area contributed by atoms with Gasteiger partial charge >= 0.3 is 0 Å². The maximum atomic E-state index is 14.4. The molecule has 0 spiro atoms. The SMILES string of the molecule is Fc1ccc(N(c2ccc(-c3ccc(N(c4ccc(F)cc4)c4ccc5c(c4)c4ccccc4n5C4=CC=CCC4)cc3)cc2)c2ccc3c(c2)C2C=CC=CC2N3c2ccccc2)cc1. The van der Waals surface area contributed by atoms with E-state index >= 15 is 0 Å². The minimum atomic E-state index is -0.276. The first-order valence-electron chi connectivity index (χ1n) is 22.6. The van der Waals surface area contributed by atoms with Gasteiger partial charge in [0.25, 0.3) is 0 Å². The second-order valence-corrected chi connectivity index (χ2v) is 17.1. The fourth-order valence-electron chi connectivity index (χ4n) is 10.2. The average Bonchev–Trinajstić information content (AvgIpc) is 3.89. The number of hydrogen-bond acceptors (Lipinski definition) is 3. The first kappa shape index (κ1) is 39.4. The van der Waals surface area contributed by atoms with Crippen LogP contribution >= 0.6 is 0 Å². The number of para-hydroxylation sites is 2. The highest BCUT2D eigenvalue weighted by Crippen LogP contribution is 2.50. The second-order valence-electron chi connectivity index (χ2n) is 17.1. The summed E-state index contributed by atoms with van der Waals surface area (Å²) in [5.41, 5.74) is 15.0. The third-order valence-corrected chi connectivity index (χ3v) is 13.3. The summed E-state index contributed by atoms with van der Waals surface area (Å²) in [5, 5.41) is 2.36. The molecule has 2 heterocycles. The molecule has 0 radical (unpaired) electrons. The van der Waals surface area contributed by atoms with Gasteiger partial charge in [0.1, 0.15) is 11.6 Å². The first-order chi connectivity index (χ1) is 32.6. The van der Waals surface area contributed by atoms with Crippen molar-refractivity contribution in [2.75, 3.05) is 14.7 Å². The van der Waals surface area contributed by atoms with Crippen molar-refractivity contribution in [1.82, 2.24) is 4.57 Å². The van der Waals surface area contributed by atoms with Gasteiger partial charge in [0.05, 0.1) is 17.1 Å². The van der Waals surface area contributed by atoms with E-state index in [1.165, 1.54) is 57.5 Å². The summed E-state index contributed by atoms with van der Waals surface area (Å²) >= 11 is 0. The number of hydrogen-bond donors (Lipinski definition) is 0. The van der Waals surface area contributed by atoms with E-state index in [9.17, 15) is 8.78 Å². The topological polar surface area (TPSA) is 14.7 Å². The van der Waals surface area contributed by atoms with Gasteiger partial charge in [-0.2, -0.15) is 0 Å². The Hall–Kier alpha value is -8.22. The minimum Gasteiger partial charge on any atom is -0.333 e. The molecule has 2 unspecified atom stereocenters. The smallest absolute Gasteiger partial charge is 0.123 e. The number of benzene rings is 8. The van der Waals surface area contributed by atoms with Crippen molar-refractivity contribution < 1.29 is 8.78 Å². The molecule has 66 heavy (non-hydrogen) atoms. The molecule has 3 aliphatic rings. The maximum Gasteiger partial charge on any atom is 0.123 e. The van der Waals surface area contributed by atoms with Gasteiger partial charge in [-0.15, -0.1) is 0 Å².